The third kappa shape index (κ3) is 4.03. The molecule has 0 bridgehead atoms. The summed E-state index contributed by atoms with van der Waals surface area (Å²) >= 11 is 0. The molecule has 1 aliphatic heterocycles. The zero-order valence-corrected chi connectivity index (χ0v) is 18.2. The van der Waals surface area contributed by atoms with Crippen LogP contribution < -0.4 is 16.0 Å². The Kier molecular flexibility index (Phi) is 5.73. The van der Waals surface area contributed by atoms with Gasteiger partial charge < -0.3 is 20.9 Å². The molecular formula is C23H28N6O2. The van der Waals surface area contributed by atoms with E-state index in [2.05, 4.69) is 30.9 Å². The number of fused-ring (bicyclic) bond motifs is 2. The third-order valence-electron chi connectivity index (χ3n) is 5.85. The summed E-state index contributed by atoms with van der Waals surface area (Å²) in [5, 5.41) is 9.21. The molecule has 0 saturated carbocycles. The van der Waals surface area contributed by atoms with Crippen LogP contribution in [0.4, 0.5) is 5.82 Å². The van der Waals surface area contributed by atoms with E-state index in [1.54, 1.807) is 26.2 Å². The monoisotopic (exact) mass is 420 g/mol. The Labute approximate surface area is 181 Å². The first kappa shape index (κ1) is 21.0. The van der Waals surface area contributed by atoms with Crippen LogP contribution in [0.15, 0.2) is 36.5 Å². The van der Waals surface area contributed by atoms with E-state index in [4.69, 9.17) is 0 Å². The number of likely N-dealkylation sites (N-methyl/N-ethyl adjacent to an activating group) is 1. The lowest BCUT2D eigenvalue weighted by atomic mass is 9.91. The Morgan fingerprint density at radius 3 is 2.65 bits per heavy atom. The summed E-state index contributed by atoms with van der Waals surface area (Å²) in [5.41, 5.74) is 3.33. The molecule has 0 spiro atoms. The predicted molar refractivity (Wildman–Crippen MR) is 120 cm³/mol. The number of benzene rings is 1. The van der Waals surface area contributed by atoms with Crippen molar-refractivity contribution in [2.45, 2.75) is 45.3 Å². The number of rotatable bonds is 7. The topological polar surface area (TPSA) is 112 Å². The number of nitrogens with one attached hydrogen (secondary N) is 4. The first-order chi connectivity index (χ1) is 14.9. The second-order valence-electron chi connectivity index (χ2n) is 8.33. The Hall–Kier alpha value is -3.26. The standard InChI is InChI=1S/C23H28N6O2/c1-12(2)19(29-23(31)13(3)24-4)20(30)14-9-10-25-21-15(14)11-18(28-21)22-26-16-7-5-6-8-17(16)27-22/h5-10,12-13,18-19,24H,11H2,1-4H3,(H,25,28)(H,26,27)(H,29,31)/t13-,18-,19-/m0/s1. The Bertz CT molecular complexity index is 1090. The van der Waals surface area contributed by atoms with Crippen LogP contribution in [0.3, 0.4) is 0 Å². The summed E-state index contributed by atoms with van der Waals surface area (Å²) in [6.07, 6.45) is 2.23. The van der Waals surface area contributed by atoms with Crippen LogP contribution in [-0.4, -0.2) is 45.8 Å². The molecule has 0 fully saturated rings. The summed E-state index contributed by atoms with van der Waals surface area (Å²) in [5.74, 6) is 1.16. The van der Waals surface area contributed by atoms with Gasteiger partial charge in [0.2, 0.25) is 5.91 Å². The average molecular weight is 421 g/mol. The Morgan fingerprint density at radius 2 is 1.94 bits per heavy atom. The lowest BCUT2D eigenvalue weighted by molar-refractivity contribution is -0.123. The first-order valence-electron chi connectivity index (χ1n) is 10.6. The molecule has 4 N–H and O–H groups in total. The van der Waals surface area contributed by atoms with Crippen LogP contribution in [0, 0.1) is 5.92 Å². The Balaban J connectivity index is 1.60. The number of amides is 1. The fourth-order valence-electron chi connectivity index (χ4n) is 3.89. The average Bonchev–Trinajstić information content (AvgIpc) is 3.39. The number of carbonyl (C=O) groups is 2. The number of anilines is 1. The maximum atomic E-state index is 13.5. The van der Waals surface area contributed by atoms with Crippen molar-refractivity contribution in [2.75, 3.05) is 12.4 Å². The predicted octanol–water partition coefficient (Wildman–Crippen LogP) is 2.60. The van der Waals surface area contributed by atoms with Crippen molar-refractivity contribution in [2.24, 2.45) is 5.92 Å². The number of aromatic amines is 1. The minimum absolute atomic E-state index is 0.0511. The van der Waals surface area contributed by atoms with E-state index in [9.17, 15) is 9.59 Å². The van der Waals surface area contributed by atoms with Crippen molar-refractivity contribution < 1.29 is 9.59 Å². The number of aromatic nitrogens is 3. The molecule has 3 aromatic rings. The molecule has 31 heavy (non-hydrogen) atoms. The summed E-state index contributed by atoms with van der Waals surface area (Å²) < 4.78 is 0. The molecule has 1 aromatic carbocycles. The van der Waals surface area contributed by atoms with Crippen LogP contribution in [0.5, 0.6) is 0 Å². The van der Waals surface area contributed by atoms with Crippen LogP contribution in [0.25, 0.3) is 11.0 Å². The van der Waals surface area contributed by atoms with Crippen molar-refractivity contribution >= 4 is 28.5 Å². The van der Waals surface area contributed by atoms with Crippen molar-refractivity contribution in [3.8, 4) is 0 Å². The highest BCUT2D eigenvalue weighted by Crippen LogP contribution is 2.35. The highest BCUT2D eigenvalue weighted by Gasteiger charge is 2.33. The number of Topliss-reactive ketones (excluding diaryl/α,β-unsaturated/α-hetero) is 1. The number of carbonyl (C=O) groups excluding carboxylic acids is 2. The molecule has 4 rings (SSSR count). The fourth-order valence-corrected chi connectivity index (χ4v) is 3.89. The molecule has 0 unspecified atom stereocenters. The molecule has 0 radical (unpaired) electrons. The van der Waals surface area contributed by atoms with Crippen molar-refractivity contribution in [1.29, 1.82) is 0 Å². The maximum Gasteiger partial charge on any atom is 0.237 e. The van der Waals surface area contributed by atoms with Gasteiger partial charge in [0.25, 0.3) is 0 Å². The quantitative estimate of drug-likeness (QED) is 0.437. The SMILES string of the molecule is CN[C@@H](C)C(=O)N[C@H](C(=O)c1ccnc2c1C[C@@H](c1nc3ccccc3[nH]1)N2)C(C)C. The van der Waals surface area contributed by atoms with Gasteiger partial charge in [-0.25, -0.2) is 9.97 Å². The van der Waals surface area contributed by atoms with E-state index in [0.717, 1.165) is 22.4 Å². The van der Waals surface area contributed by atoms with Gasteiger partial charge in [-0.15, -0.1) is 0 Å². The summed E-state index contributed by atoms with van der Waals surface area (Å²) in [7, 11) is 1.72. The van der Waals surface area contributed by atoms with Gasteiger partial charge in [-0.3, -0.25) is 9.59 Å². The summed E-state index contributed by atoms with van der Waals surface area (Å²) in [6, 6.07) is 8.53. The third-order valence-corrected chi connectivity index (χ3v) is 5.85. The second-order valence-corrected chi connectivity index (χ2v) is 8.33. The molecule has 1 amide bonds. The minimum Gasteiger partial charge on any atom is -0.360 e. The van der Waals surface area contributed by atoms with Crippen LogP contribution in [0.2, 0.25) is 0 Å². The largest absolute Gasteiger partial charge is 0.360 e. The number of nitrogens with zero attached hydrogens (tertiary/aromatic N) is 2. The number of hydrogen-bond donors (Lipinski definition) is 4. The lowest BCUT2D eigenvalue weighted by Gasteiger charge is -2.24. The van der Waals surface area contributed by atoms with Crippen LogP contribution in [0.1, 0.15) is 48.6 Å². The van der Waals surface area contributed by atoms with Gasteiger partial charge in [-0.1, -0.05) is 26.0 Å². The van der Waals surface area contributed by atoms with Crippen molar-refractivity contribution in [3.63, 3.8) is 0 Å². The van der Waals surface area contributed by atoms with Crippen LogP contribution in [-0.2, 0) is 11.2 Å². The molecule has 2 aromatic heterocycles. The van der Waals surface area contributed by atoms with Gasteiger partial charge in [-0.05, 0) is 38.1 Å². The van der Waals surface area contributed by atoms with Gasteiger partial charge in [0.15, 0.2) is 5.78 Å². The van der Waals surface area contributed by atoms with E-state index >= 15 is 0 Å². The normalized spacial score (nSPS) is 17.3. The van der Waals surface area contributed by atoms with E-state index in [0.29, 0.717) is 17.8 Å². The van der Waals surface area contributed by atoms with Gasteiger partial charge in [0, 0.05) is 23.7 Å². The second kappa shape index (κ2) is 8.47. The van der Waals surface area contributed by atoms with Gasteiger partial charge in [-0.2, -0.15) is 0 Å². The maximum absolute atomic E-state index is 13.5. The van der Waals surface area contributed by atoms with Gasteiger partial charge >= 0.3 is 0 Å². The molecular weight excluding hydrogens is 392 g/mol. The lowest BCUT2D eigenvalue weighted by Crippen LogP contribution is -2.50. The number of ketones is 1. The van der Waals surface area contributed by atoms with Gasteiger partial charge in [0.1, 0.15) is 11.6 Å². The molecule has 1 aliphatic rings. The molecule has 3 atom stereocenters. The molecule has 8 nitrogen and oxygen atoms in total. The van der Waals surface area contributed by atoms with E-state index < -0.39 is 6.04 Å². The zero-order valence-electron chi connectivity index (χ0n) is 18.2. The number of imidazole rings is 1. The molecule has 3 heterocycles. The Morgan fingerprint density at radius 1 is 1.16 bits per heavy atom. The molecule has 0 aliphatic carbocycles. The van der Waals surface area contributed by atoms with Crippen molar-refractivity contribution in [1.82, 2.24) is 25.6 Å². The number of para-hydroxylation sites is 2. The van der Waals surface area contributed by atoms with E-state index in [-0.39, 0.29) is 29.7 Å². The highest BCUT2D eigenvalue weighted by atomic mass is 16.2. The molecule has 0 saturated heterocycles. The zero-order chi connectivity index (χ0) is 22.1. The minimum atomic E-state index is -0.611. The van der Waals surface area contributed by atoms with E-state index in [1.807, 2.05) is 38.1 Å². The smallest absolute Gasteiger partial charge is 0.237 e. The number of pyridine rings is 1. The summed E-state index contributed by atoms with van der Waals surface area (Å²) in [4.78, 5) is 38.4. The number of H-pyrrole nitrogens is 1. The fraction of sp³-hybridized carbons (Fsp3) is 0.391. The molecule has 162 valence electrons. The number of hydrogen-bond acceptors (Lipinski definition) is 6. The summed E-state index contributed by atoms with van der Waals surface area (Å²) in [6.45, 7) is 5.64. The van der Waals surface area contributed by atoms with Crippen molar-refractivity contribution in [3.05, 3.63) is 53.5 Å². The van der Waals surface area contributed by atoms with E-state index in [1.165, 1.54) is 0 Å². The highest BCUT2D eigenvalue weighted by molar-refractivity contribution is 6.04. The van der Waals surface area contributed by atoms with Crippen LogP contribution >= 0.6 is 0 Å². The first-order valence-corrected chi connectivity index (χ1v) is 10.6. The molecule has 8 heteroatoms. The van der Waals surface area contributed by atoms with Gasteiger partial charge in [0.05, 0.1) is 29.2 Å².